The number of hydrogen-bond donors (Lipinski definition) is 1. The number of hydrogen-bond acceptors (Lipinski definition) is 5. The molecule has 5 nitrogen and oxygen atoms in total. The summed E-state index contributed by atoms with van der Waals surface area (Å²) in [7, 11) is 1.36. The summed E-state index contributed by atoms with van der Waals surface area (Å²) in [5, 5.41) is 3.40. The highest BCUT2D eigenvalue weighted by atomic mass is 16.5. The van der Waals surface area contributed by atoms with E-state index in [0.717, 1.165) is 12.8 Å². The van der Waals surface area contributed by atoms with Gasteiger partial charge in [-0.1, -0.05) is 18.2 Å². The van der Waals surface area contributed by atoms with Crippen LogP contribution < -0.4 is 10.1 Å². The fourth-order valence-corrected chi connectivity index (χ4v) is 3.44. The number of esters is 2. The second kappa shape index (κ2) is 5.85. The molecule has 2 bridgehead atoms. The third-order valence-corrected chi connectivity index (χ3v) is 4.42. The molecule has 1 N–H and O–H groups in total. The van der Waals surface area contributed by atoms with Gasteiger partial charge < -0.3 is 14.8 Å². The van der Waals surface area contributed by atoms with Crippen LogP contribution in [0.5, 0.6) is 5.75 Å². The van der Waals surface area contributed by atoms with Gasteiger partial charge in [0, 0.05) is 12.1 Å². The average Bonchev–Trinajstić information content (AvgIpc) is 2.88. The Hall–Kier alpha value is -1.88. The molecule has 0 aromatic heterocycles. The van der Waals surface area contributed by atoms with Crippen molar-refractivity contribution in [2.45, 2.75) is 31.3 Å². The van der Waals surface area contributed by atoms with Crippen LogP contribution in [-0.2, 0) is 14.3 Å². The van der Waals surface area contributed by atoms with Crippen molar-refractivity contribution >= 4 is 11.9 Å². The standard InChI is InChI=1S/C16H19NO4/c1-20-16(19)14-12(9-10-7-8-13(14)17-10)15(18)21-11-5-3-2-4-6-11/h2-6,10,12-14,17H,7-9H2,1H3/t10?,12?,13?,14-/m0/s1. The third kappa shape index (κ3) is 2.78. The van der Waals surface area contributed by atoms with Gasteiger partial charge in [0.05, 0.1) is 18.9 Å². The molecule has 112 valence electrons. The molecule has 1 aromatic rings. The summed E-state index contributed by atoms with van der Waals surface area (Å²) in [6.45, 7) is 0. The quantitative estimate of drug-likeness (QED) is 0.675. The molecule has 2 fully saturated rings. The molecule has 5 heteroatoms. The van der Waals surface area contributed by atoms with Gasteiger partial charge in [-0.25, -0.2) is 0 Å². The molecule has 3 unspecified atom stereocenters. The van der Waals surface area contributed by atoms with E-state index in [2.05, 4.69) is 5.32 Å². The van der Waals surface area contributed by atoms with Crippen LogP contribution in [0.15, 0.2) is 30.3 Å². The number of para-hydroxylation sites is 1. The van der Waals surface area contributed by atoms with E-state index >= 15 is 0 Å². The van der Waals surface area contributed by atoms with Gasteiger partial charge in [0.2, 0.25) is 0 Å². The van der Waals surface area contributed by atoms with E-state index in [1.807, 2.05) is 18.2 Å². The molecule has 0 saturated carbocycles. The van der Waals surface area contributed by atoms with E-state index in [4.69, 9.17) is 9.47 Å². The van der Waals surface area contributed by atoms with Crippen molar-refractivity contribution in [2.75, 3.05) is 7.11 Å². The first-order valence-electron chi connectivity index (χ1n) is 7.29. The maximum atomic E-state index is 12.5. The summed E-state index contributed by atoms with van der Waals surface area (Å²) in [6.07, 6.45) is 2.52. The van der Waals surface area contributed by atoms with Gasteiger partial charge >= 0.3 is 11.9 Å². The Morgan fingerprint density at radius 3 is 2.62 bits per heavy atom. The normalized spacial score (nSPS) is 30.7. The first-order chi connectivity index (χ1) is 10.2. The van der Waals surface area contributed by atoms with E-state index < -0.39 is 11.8 Å². The van der Waals surface area contributed by atoms with Crippen LogP contribution in [0.3, 0.4) is 0 Å². The minimum absolute atomic E-state index is 0.0181. The number of carbonyl (C=O) groups is 2. The molecule has 0 amide bonds. The van der Waals surface area contributed by atoms with Gasteiger partial charge in [-0.05, 0) is 31.4 Å². The number of methoxy groups -OCH3 is 1. The number of ether oxygens (including phenoxy) is 2. The zero-order valence-electron chi connectivity index (χ0n) is 12.0. The second-order valence-electron chi connectivity index (χ2n) is 5.67. The van der Waals surface area contributed by atoms with Crippen molar-refractivity contribution in [3.63, 3.8) is 0 Å². The lowest BCUT2D eigenvalue weighted by molar-refractivity contribution is -0.157. The topological polar surface area (TPSA) is 64.6 Å². The van der Waals surface area contributed by atoms with Crippen molar-refractivity contribution < 1.29 is 19.1 Å². The van der Waals surface area contributed by atoms with E-state index in [1.54, 1.807) is 12.1 Å². The Balaban J connectivity index is 1.78. The van der Waals surface area contributed by atoms with Crippen LogP contribution in [0.25, 0.3) is 0 Å². The van der Waals surface area contributed by atoms with Crippen molar-refractivity contribution in [1.29, 1.82) is 0 Å². The lowest BCUT2D eigenvalue weighted by Crippen LogP contribution is -2.52. The summed E-state index contributed by atoms with van der Waals surface area (Å²) < 4.78 is 10.3. The maximum Gasteiger partial charge on any atom is 0.315 e. The molecule has 0 radical (unpaired) electrons. The Morgan fingerprint density at radius 2 is 1.90 bits per heavy atom. The molecule has 0 aliphatic carbocycles. The molecule has 2 aliphatic rings. The van der Waals surface area contributed by atoms with E-state index in [9.17, 15) is 9.59 Å². The van der Waals surface area contributed by atoms with Crippen molar-refractivity contribution in [1.82, 2.24) is 5.32 Å². The highest BCUT2D eigenvalue weighted by molar-refractivity contribution is 5.84. The highest BCUT2D eigenvalue weighted by Gasteiger charge is 2.49. The third-order valence-electron chi connectivity index (χ3n) is 4.42. The van der Waals surface area contributed by atoms with E-state index in [-0.39, 0.29) is 18.0 Å². The molecule has 21 heavy (non-hydrogen) atoms. The lowest BCUT2D eigenvalue weighted by atomic mass is 9.81. The molecule has 3 rings (SSSR count). The number of carbonyl (C=O) groups excluding carboxylic acids is 2. The first-order valence-corrected chi connectivity index (χ1v) is 7.29. The van der Waals surface area contributed by atoms with E-state index in [0.29, 0.717) is 18.2 Å². The van der Waals surface area contributed by atoms with Crippen molar-refractivity contribution in [2.24, 2.45) is 11.8 Å². The minimum atomic E-state index is -0.454. The molecular weight excluding hydrogens is 270 g/mol. The van der Waals surface area contributed by atoms with Crippen LogP contribution in [0, 0.1) is 11.8 Å². The maximum absolute atomic E-state index is 12.5. The van der Waals surface area contributed by atoms with Crippen molar-refractivity contribution in [3.8, 4) is 5.75 Å². The van der Waals surface area contributed by atoms with Gasteiger partial charge in [-0.2, -0.15) is 0 Å². The predicted octanol–water partition coefficient (Wildman–Crippen LogP) is 1.52. The summed E-state index contributed by atoms with van der Waals surface area (Å²) in [5.41, 5.74) is 0. The van der Waals surface area contributed by atoms with E-state index in [1.165, 1.54) is 7.11 Å². The van der Waals surface area contributed by atoms with Crippen LogP contribution in [-0.4, -0.2) is 31.1 Å². The molecule has 2 aliphatic heterocycles. The minimum Gasteiger partial charge on any atom is -0.469 e. The number of rotatable bonds is 3. The Morgan fingerprint density at radius 1 is 1.14 bits per heavy atom. The number of nitrogens with one attached hydrogen (secondary N) is 1. The van der Waals surface area contributed by atoms with Crippen LogP contribution in [0.2, 0.25) is 0 Å². The van der Waals surface area contributed by atoms with Crippen LogP contribution in [0.4, 0.5) is 0 Å². The molecule has 1 aromatic carbocycles. The summed E-state index contributed by atoms with van der Waals surface area (Å²) >= 11 is 0. The second-order valence-corrected chi connectivity index (χ2v) is 5.67. The Bertz CT molecular complexity index is 530. The lowest BCUT2D eigenvalue weighted by Gasteiger charge is -2.34. The van der Waals surface area contributed by atoms with Gasteiger partial charge in [0.25, 0.3) is 0 Å². The zero-order valence-corrected chi connectivity index (χ0v) is 12.0. The monoisotopic (exact) mass is 289 g/mol. The van der Waals surface area contributed by atoms with Crippen LogP contribution in [0.1, 0.15) is 19.3 Å². The predicted molar refractivity (Wildman–Crippen MR) is 75.6 cm³/mol. The largest absolute Gasteiger partial charge is 0.469 e. The SMILES string of the molecule is COC(=O)[C@@H]1C2CCC(CC1C(=O)Oc1ccccc1)N2. The molecule has 2 heterocycles. The first kappa shape index (κ1) is 14.1. The Labute approximate surface area is 123 Å². The smallest absolute Gasteiger partial charge is 0.315 e. The van der Waals surface area contributed by atoms with Gasteiger partial charge in [0.1, 0.15) is 5.75 Å². The molecule has 4 atom stereocenters. The highest BCUT2D eigenvalue weighted by Crippen LogP contribution is 2.37. The molecule has 0 spiro atoms. The van der Waals surface area contributed by atoms with Gasteiger partial charge in [0.15, 0.2) is 0 Å². The number of piperidine rings is 1. The fraction of sp³-hybridized carbons (Fsp3) is 0.500. The zero-order chi connectivity index (χ0) is 14.8. The molecule has 2 saturated heterocycles. The Kier molecular flexibility index (Phi) is 3.92. The van der Waals surface area contributed by atoms with Crippen LogP contribution >= 0.6 is 0 Å². The molecular formula is C16H19NO4. The number of benzene rings is 1. The van der Waals surface area contributed by atoms with Crippen molar-refractivity contribution in [3.05, 3.63) is 30.3 Å². The summed E-state index contributed by atoms with van der Waals surface area (Å²) in [4.78, 5) is 24.5. The summed E-state index contributed by atoms with van der Waals surface area (Å²) in [5.74, 6) is -1.05. The van der Waals surface area contributed by atoms with Gasteiger partial charge in [-0.3, -0.25) is 9.59 Å². The number of fused-ring (bicyclic) bond motifs is 2. The van der Waals surface area contributed by atoms with Gasteiger partial charge in [-0.15, -0.1) is 0 Å². The summed E-state index contributed by atoms with van der Waals surface area (Å²) in [6, 6.07) is 9.27. The average molecular weight is 289 g/mol. The fourth-order valence-electron chi connectivity index (χ4n) is 3.44.